The molecule has 152 valence electrons. The molecule has 0 radical (unpaired) electrons. The molecular formula is C24H29N3O2. The zero-order chi connectivity index (χ0) is 20.9. The van der Waals surface area contributed by atoms with Crippen LogP contribution in [0.3, 0.4) is 0 Å². The lowest BCUT2D eigenvalue weighted by Crippen LogP contribution is -2.19. The Morgan fingerprint density at radius 2 is 1.83 bits per heavy atom. The van der Waals surface area contributed by atoms with Crippen molar-refractivity contribution >= 4 is 22.9 Å². The van der Waals surface area contributed by atoms with Crippen molar-refractivity contribution in [1.82, 2.24) is 15.8 Å². The number of aromatic amines is 1. The first-order valence-corrected chi connectivity index (χ1v) is 9.90. The summed E-state index contributed by atoms with van der Waals surface area (Å²) in [5.41, 5.74) is 7.65. The van der Waals surface area contributed by atoms with E-state index >= 15 is 0 Å². The first kappa shape index (κ1) is 20.8. The number of para-hydroxylation sites is 1. The van der Waals surface area contributed by atoms with Crippen LogP contribution in [-0.4, -0.2) is 22.6 Å². The van der Waals surface area contributed by atoms with E-state index in [0.717, 1.165) is 25.1 Å². The van der Waals surface area contributed by atoms with Crippen LogP contribution < -0.4 is 10.8 Å². The van der Waals surface area contributed by atoms with Gasteiger partial charge in [-0.1, -0.05) is 63.2 Å². The molecule has 0 saturated heterocycles. The van der Waals surface area contributed by atoms with Crippen LogP contribution in [0, 0.1) is 0 Å². The first-order valence-electron chi connectivity index (χ1n) is 9.90. The van der Waals surface area contributed by atoms with Crippen molar-refractivity contribution in [2.75, 3.05) is 6.54 Å². The minimum atomic E-state index is -0.539. The molecule has 4 N–H and O–H groups in total. The summed E-state index contributed by atoms with van der Waals surface area (Å²) in [6.45, 7) is 8.41. The van der Waals surface area contributed by atoms with E-state index in [1.807, 2.05) is 24.3 Å². The van der Waals surface area contributed by atoms with E-state index in [1.165, 1.54) is 33.8 Å². The Bertz CT molecular complexity index is 995. The number of amides is 1. The lowest BCUT2D eigenvalue weighted by Gasteiger charge is -2.19. The molecule has 0 bridgehead atoms. The Labute approximate surface area is 171 Å². The summed E-state index contributed by atoms with van der Waals surface area (Å²) in [6.07, 6.45) is 3.92. The molecule has 3 aromatic rings. The molecule has 0 fully saturated rings. The molecule has 0 aliphatic rings. The molecule has 2 aromatic carbocycles. The third kappa shape index (κ3) is 5.34. The monoisotopic (exact) mass is 391 g/mol. The number of H-pyrrole nitrogens is 1. The van der Waals surface area contributed by atoms with Gasteiger partial charge < -0.3 is 10.3 Å². The zero-order valence-corrected chi connectivity index (χ0v) is 17.3. The Hall–Kier alpha value is -2.89. The Balaban J connectivity index is 1.60. The highest BCUT2D eigenvalue weighted by Crippen LogP contribution is 2.31. The molecule has 5 nitrogen and oxygen atoms in total. The maximum atomic E-state index is 11.0. The van der Waals surface area contributed by atoms with Gasteiger partial charge in [-0.05, 0) is 41.8 Å². The number of nitrogens with one attached hydrogen (secondary N) is 3. The molecular weight excluding hydrogens is 362 g/mol. The standard InChI is InChI=1S/C24H29N3O2/c1-24(2,3)23-20(19-6-4-5-7-21(19)26-23)14-15-25-16-18-10-8-17(9-11-18)12-13-22(28)27-29/h4-13,25-26,29H,14-16H2,1-3H3,(H,27,28). The zero-order valence-electron chi connectivity index (χ0n) is 17.3. The first-order chi connectivity index (χ1) is 13.9. The summed E-state index contributed by atoms with van der Waals surface area (Å²) in [7, 11) is 0. The predicted octanol–water partition coefficient (Wildman–Crippen LogP) is 4.32. The normalized spacial score (nSPS) is 12.0. The molecule has 1 amide bonds. The fourth-order valence-corrected chi connectivity index (χ4v) is 3.50. The second-order valence-corrected chi connectivity index (χ2v) is 8.25. The summed E-state index contributed by atoms with van der Waals surface area (Å²) in [5, 5.41) is 13.3. The molecule has 3 rings (SSSR count). The quantitative estimate of drug-likeness (QED) is 0.210. The van der Waals surface area contributed by atoms with E-state index < -0.39 is 5.91 Å². The minimum absolute atomic E-state index is 0.0740. The number of carbonyl (C=O) groups is 1. The van der Waals surface area contributed by atoms with Crippen molar-refractivity contribution in [2.45, 2.75) is 39.2 Å². The number of aromatic nitrogens is 1. The Morgan fingerprint density at radius 3 is 2.52 bits per heavy atom. The maximum absolute atomic E-state index is 11.0. The second-order valence-electron chi connectivity index (χ2n) is 8.25. The van der Waals surface area contributed by atoms with Gasteiger partial charge in [0.25, 0.3) is 5.91 Å². The fraction of sp³-hybridized carbons (Fsp3) is 0.292. The minimum Gasteiger partial charge on any atom is -0.358 e. The van der Waals surface area contributed by atoms with E-state index in [9.17, 15) is 4.79 Å². The number of benzene rings is 2. The Morgan fingerprint density at radius 1 is 1.10 bits per heavy atom. The SMILES string of the molecule is CC(C)(C)c1[nH]c2ccccc2c1CCNCc1ccc(C=CC(=O)NO)cc1. The topological polar surface area (TPSA) is 77.2 Å². The molecule has 1 aromatic heterocycles. The molecule has 0 atom stereocenters. The number of carbonyl (C=O) groups excluding carboxylic acids is 1. The average Bonchev–Trinajstić information content (AvgIpc) is 3.09. The molecule has 0 aliphatic carbocycles. The molecule has 29 heavy (non-hydrogen) atoms. The van der Waals surface area contributed by atoms with Crippen LogP contribution in [0.5, 0.6) is 0 Å². The van der Waals surface area contributed by atoms with Crippen molar-refractivity contribution in [3.63, 3.8) is 0 Å². The van der Waals surface area contributed by atoms with E-state index in [4.69, 9.17) is 5.21 Å². The maximum Gasteiger partial charge on any atom is 0.267 e. The molecule has 1 heterocycles. The van der Waals surface area contributed by atoms with Gasteiger partial charge in [-0.25, -0.2) is 5.48 Å². The molecule has 0 saturated carbocycles. The lowest BCUT2D eigenvalue weighted by atomic mass is 9.88. The van der Waals surface area contributed by atoms with Gasteiger partial charge in [0.15, 0.2) is 0 Å². The summed E-state index contributed by atoms with van der Waals surface area (Å²) in [4.78, 5) is 14.6. The van der Waals surface area contributed by atoms with Crippen LogP contribution in [-0.2, 0) is 23.2 Å². The average molecular weight is 392 g/mol. The third-order valence-corrected chi connectivity index (χ3v) is 4.96. The molecule has 0 spiro atoms. The van der Waals surface area contributed by atoms with Gasteiger partial charge in [-0.3, -0.25) is 10.0 Å². The summed E-state index contributed by atoms with van der Waals surface area (Å²) < 4.78 is 0. The van der Waals surface area contributed by atoms with Crippen LogP contribution in [0.4, 0.5) is 0 Å². The van der Waals surface area contributed by atoms with Gasteiger partial charge in [0.2, 0.25) is 0 Å². The van der Waals surface area contributed by atoms with Crippen LogP contribution in [0.1, 0.15) is 43.2 Å². The van der Waals surface area contributed by atoms with E-state index in [1.54, 1.807) is 11.6 Å². The van der Waals surface area contributed by atoms with Crippen LogP contribution >= 0.6 is 0 Å². The highest BCUT2D eigenvalue weighted by atomic mass is 16.5. The lowest BCUT2D eigenvalue weighted by molar-refractivity contribution is -0.124. The van der Waals surface area contributed by atoms with Crippen molar-refractivity contribution in [3.8, 4) is 0 Å². The predicted molar refractivity (Wildman–Crippen MR) is 118 cm³/mol. The van der Waals surface area contributed by atoms with Gasteiger partial charge in [-0.2, -0.15) is 0 Å². The van der Waals surface area contributed by atoms with Gasteiger partial charge in [0.1, 0.15) is 0 Å². The van der Waals surface area contributed by atoms with E-state index in [-0.39, 0.29) is 5.41 Å². The summed E-state index contributed by atoms with van der Waals surface area (Å²) >= 11 is 0. The summed E-state index contributed by atoms with van der Waals surface area (Å²) in [5.74, 6) is -0.539. The number of hydrogen-bond acceptors (Lipinski definition) is 3. The van der Waals surface area contributed by atoms with E-state index in [0.29, 0.717) is 0 Å². The van der Waals surface area contributed by atoms with Gasteiger partial charge in [-0.15, -0.1) is 0 Å². The molecule has 0 aliphatic heterocycles. The van der Waals surface area contributed by atoms with Gasteiger partial charge in [0.05, 0.1) is 0 Å². The molecule has 5 heteroatoms. The van der Waals surface area contributed by atoms with Crippen molar-refractivity contribution in [3.05, 3.63) is 77.0 Å². The van der Waals surface area contributed by atoms with Crippen molar-refractivity contribution in [1.29, 1.82) is 0 Å². The van der Waals surface area contributed by atoms with Crippen LogP contribution in [0.15, 0.2) is 54.6 Å². The Kier molecular flexibility index (Phi) is 6.52. The van der Waals surface area contributed by atoms with Gasteiger partial charge >= 0.3 is 0 Å². The van der Waals surface area contributed by atoms with Crippen LogP contribution in [0.25, 0.3) is 17.0 Å². The van der Waals surface area contributed by atoms with Gasteiger partial charge in [0, 0.05) is 34.6 Å². The number of hydrogen-bond donors (Lipinski definition) is 4. The highest BCUT2D eigenvalue weighted by Gasteiger charge is 2.21. The van der Waals surface area contributed by atoms with E-state index in [2.05, 4.69) is 55.3 Å². The highest BCUT2D eigenvalue weighted by molar-refractivity contribution is 5.90. The van der Waals surface area contributed by atoms with Crippen molar-refractivity contribution < 1.29 is 10.0 Å². The number of hydroxylamine groups is 1. The molecule has 0 unspecified atom stereocenters. The van der Waals surface area contributed by atoms with Crippen LogP contribution in [0.2, 0.25) is 0 Å². The number of fused-ring (bicyclic) bond motifs is 1. The largest absolute Gasteiger partial charge is 0.358 e. The fourth-order valence-electron chi connectivity index (χ4n) is 3.50. The van der Waals surface area contributed by atoms with Crippen molar-refractivity contribution in [2.24, 2.45) is 0 Å². The smallest absolute Gasteiger partial charge is 0.267 e. The summed E-state index contributed by atoms with van der Waals surface area (Å²) in [6, 6.07) is 16.5. The second kappa shape index (κ2) is 9.07. The third-order valence-electron chi connectivity index (χ3n) is 4.96. The number of rotatable bonds is 7.